The smallest absolute Gasteiger partial charge is 0.0118 e. The summed E-state index contributed by atoms with van der Waals surface area (Å²) < 4.78 is 0. The van der Waals surface area contributed by atoms with E-state index in [1.54, 1.807) is 0 Å². The summed E-state index contributed by atoms with van der Waals surface area (Å²) in [4.78, 5) is 0. The lowest BCUT2D eigenvalue weighted by Gasteiger charge is -2.20. The monoisotopic (exact) mass is 146 g/mol. The lowest BCUT2D eigenvalue weighted by atomic mass is 9.89. The van der Waals surface area contributed by atoms with E-state index < -0.39 is 0 Å². The maximum Gasteiger partial charge on any atom is 0.0118 e. The van der Waals surface area contributed by atoms with Crippen LogP contribution in [0.25, 0.3) is 0 Å². The van der Waals surface area contributed by atoms with Gasteiger partial charge < -0.3 is 5.73 Å². The third-order valence-corrected chi connectivity index (χ3v) is 2.20. The fraction of sp³-hybridized carbons (Fsp3) is 0.300. The lowest BCUT2D eigenvalue weighted by molar-refractivity contribution is 0.662. The van der Waals surface area contributed by atoms with Crippen molar-refractivity contribution in [1.29, 1.82) is 0 Å². The zero-order valence-corrected chi connectivity index (χ0v) is 6.46. The maximum atomic E-state index is 5.79. The average molecular weight is 146 g/mol. The molecule has 0 spiro atoms. The average Bonchev–Trinajstić information content (AvgIpc) is 2.04. The van der Waals surface area contributed by atoms with E-state index in [1.165, 1.54) is 11.1 Å². The molecule has 1 unspecified atom stereocenters. The number of fused-ring (bicyclic) bond motifs is 1. The molecule has 0 heterocycles. The van der Waals surface area contributed by atoms with Crippen LogP contribution in [0.5, 0.6) is 0 Å². The van der Waals surface area contributed by atoms with Crippen LogP contribution < -0.4 is 5.73 Å². The molecule has 1 radical (unpaired) electrons. The van der Waals surface area contributed by atoms with Gasteiger partial charge in [0.2, 0.25) is 0 Å². The van der Waals surface area contributed by atoms with Gasteiger partial charge in [-0.2, -0.15) is 0 Å². The Kier molecular flexibility index (Phi) is 1.66. The van der Waals surface area contributed by atoms with Crippen LogP contribution in [0.15, 0.2) is 24.3 Å². The van der Waals surface area contributed by atoms with Gasteiger partial charge in [-0.15, -0.1) is 0 Å². The molecule has 1 aromatic carbocycles. The van der Waals surface area contributed by atoms with Gasteiger partial charge in [0.15, 0.2) is 0 Å². The van der Waals surface area contributed by atoms with Crippen LogP contribution in [0.2, 0.25) is 0 Å². The topological polar surface area (TPSA) is 26.0 Å². The molecule has 2 rings (SSSR count). The fourth-order valence-corrected chi connectivity index (χ4v) is 1.56. The maximum absolute atomic E-state index is 5.79. The molecule has 1 heteroatoms. The predicted molar refractivity (Wildman–Crippen MR) is 46.1 cm³/mol. The van der Waals surface area contributed by atoms with Gasteiger partial charge in [-0.05, 0) is 24.0 Å². The van der Waals surface area contributed by atoms with Crippen molar-refractivity contribution >= 4 is 0 Å². The van der Waals surface area contributed by atoms with Crippen LogP contribution in [-0.2, 0) is 6.42 Å². The van der Waals surface area contributed by atoms with Gasteiger partial charge in [0.1, 0.15) is 0 Å². The summed E-state index contributed by atoms with van der Waals surface area (Å²) >= 11 is 0. The Labute approximate surface area is 67.2 Å². The molecule has 2 N–H and O–H groups in total. The summed E-state index contributed by atoms with van der Waals surface area (Å²) in [5, 5.41) is 0. The first-order valence-electron chi connectivity index (χ1n) is 4.04. The normalized spacial score (nSPS) is 22.8. The van der Waals surface area contributed by atoms with Crippen LogP contribution in [-0.4, -0.2) is 6.04 Å². The van der Waals surface area contributed by atoms with Crippen molar-refractivity contribution < 1.29 is 0 Å². The second-order valence-corrected chi connectivity index (χ2v) is 3.07. The summed E-state index contributed by atoms with van der Waals surface area (Å²) in [6.45, 7) is 0. The Bertz CT molecular complexity index is 255. The molecule has 0 saturated heterocycles. The Morgan fingerprint density at radius 2 is 2.09 bits per heavy atom. The molecule has 0 aliphatic heterocycles. The van der Waals surface area contributed by atoms with E-state index in [2.05, 4.69) is 30.7 Å². The van der Waals surface area contributed by atoms with Crippen molar-refractivity contribution in [3.63, 3.8) is 0 Å². The second kappa shape index (κ2) is 2.67. The molecule has 11 heavy (non-hydrogen) atoms. The van der Waals surface area contributed by atoms with Gasteiger partial charge in [-0.25, -0.2) is 0 Å². The van der Waals surface area contributed by atoms with Gasteiger partial charge in [-0.3, -0.25) is 0 Å². The molecular formula is C10H12N. The molecule has 1 aromatic rings. The quantitative estimate of drug-likeness (QED) is 0.590. The molecular weight excluding hydrogens is 134 g/mol. The number of benzene rings is 1. The third kappa shape index (κ3) is 1.29. The summed E-state index contributed by atoms with van der Waals surface area (Å²) in [7, 11) is 0. The van der Waals surface area contributed by atoms with Gasteiger partial charge >= 0.3 is 0 Å². The molecule has 0 bridgehead atoms. The van der Waals surface area contributed by atoms with E-state index in [1.807, 2.05) is 0 Å². The number of rotatable bonds is 0. The van der Waals surface area contributed by atoms with Crippen molar-refractivity contribution in [2.75, 3.05) is 0 Å². The van der Waals surface area contributed by atoms with Crippen LogP contribution in [0.4, 0.5) is 0 Å². The summed E-state index contributed by atoms with van der Waals surface area (Å²) in [5.41, 5.74) is 8.56. The highest BCUT2D eigenvalue weighted by molar-refractivity contribution is 5.36. The van der Waals surface area contributed by atoms with Crippen LogP contribution in [0.3, 0.4) is 0 Å². The van der Waals surface area contributed by atoms with Gasteiger partial charge in [0, 0.05) is 12.5 Å². The van der Waals surface area contributed by atoms with E-state index in [0.717, 1.165) is 12.8 Å². The van der Waals surface area contributed by atoms with E-state index in [9.17, 15) is 0 Å². The van der Waals surface area contributed by atoms with Crippen molar-refractivity contribution in [2.45, 2.75) is 18.9 Å². The molecule has 1 atom stereocenters. The van der Waals surface area contributed by atoms with E-state index in [4.69, 9.17) is 5.73 Å². The van der Waals surface area contributed by atoms with Gasteiger partial charge in [0.25, 0.3) is 0 Å². The molecule has 1 nitrogen and oxygen atoms in total. The summed E-state index contributed by atoms with van der Waals surface area (Å²) in [6, 6.07) is 8.73. The molecule has 0 amide bonds. The number of aryl methyl sites for hydroxylation is 1. The lowest BCUT2D eigenvalue weighted by Crippen LogP contribution is -2.25. The first-order chi connectivity index (χ1) is 5.36. The zero-order chi connectivity index (χ0) is 7.68. The van der Waals surface area contributed by atoms with Crippen molar-refractivity contribution in [2.24, 2.45) is 5.73 Å². The Morgan fingerprint density at radius 3 is 3.00 bits per heavy atom. The van der Waals surface area contributed by atoms with Crippen LogP contribution in [0, 0.1) is 6.42 Å². The third-order valence-electron chi connectivity index (χ3n) is 2.20. The van der Waals surface area contributed by atoms with Crippen molar-refractivity contribution in [3.05, 3.63) is 41.8 Å². The van der Waals surface area contributed by atoms with Crippen LogP contribution in [0.1, 0.15) is 17.5 Å². The Balaban J connectivity index is 2.34. The van der Waals surface area contributed by atoms with E-state index >= 15 is 0 Å². The highest BCUT2D eigenvalue weighted by Crippen LogP contribution is 2.20. The van der Waals surface area contributed by atoms with Gasteiger partial charge in [0.05, 0.1) is 0 Å². The number of nitrogens with two attached hydrogens (primary N) is 1. The SMILES string of the molecule is NC1[CH]c2ccccc2CC1. The van der Waals surface area contributed by atoms with E-state index in [-0.39, 0.29) is 6.04 Å². The Hall–Kier alpha value is -0.820. The minimum absolute atomic E-state index is 0.268. The Morgan fingerprint density at radius 1 is 1.27 bits per heavy atom. The first kappa shape index (κ1) is 6.86. The minimum Gasteiger partial charge on any atom is -0.327 e. The molecule has 1 aliphatic carbocycles. The second-order valence-electron chi connectivity index (χ2n) is 3.07. The predicted octanol–water partition coefficient (Wildman–Crippen LogP) is 1.51. The van der Waals surface area contributed by atoms with Crippen molar-refractivity contribution in [1.82, 2.24) is 0 Å². The molecule has 0 aromatic heterocycles. The molecule has 1 aliphatic rings. The fourth-order valence-electron chi connectivity index (χ4n) is 1.56. The highest BCUT2D eigenvalue weighted by Gasteiger charge is 2.13. The first-order valence-corrected chi connectivity index (χ1v) is 4.04. The minimum atomic E-state index is 0.268. The summed E-state index contributed by atoms with van der Waals surface area (Å²) in [5.74, 6) is 0. The largest absolute Gasteiger partial charge is 0.327 e. The van der Waals surface area contributed by atoms with Gasteiger partial charge in [-0.1, -0.05) is 24.3 Å². The van der Waals surface area contributed by atoms with Crippen LogP contribution >= 0.6 is 0 Å². The van der Waals surface area contributed by atoms with Crippen molar-refractivity contribution in [3.8, 4) is 0 Å². The standard InChI is InChI=1S/C10H12N/c11-10-6-5-8-3-1-2-4-9(8)7-10/h1-4,7,10H,5-6,11H2. The number of hydrogen-bond acceptors (Lipinski definition) is 1. The van der Waals surface area contributed by atoms with E-state index in [0.29, 0.717) is 0 Å². The summed E-state index contributed by atoms with van der Waals surface area (Å²) in [6.07, 6.45) is 4.38. The highest BCUT2D eigenvalue weighted by atomic mass is 14.6. The molecule has 57 valence electrons. The zero-order valence-electron chi connectivity index (χ0n) is 6.46. The molecule has 0 fully saturated rings. The molecule has 0 saturated carbocycles. The number of hydrogen-bond donors (Lipinski definition) is 1.